The molecule has 10 heteroatoms. The van der Waals surface area contributed by atoms with Gasteiger partial charge in [0.15, 0.2) is 11.6 Å². The molecule has 9 nitrogen and oxygen atoms in total. The van der Waals surface area contributed by atoms with Gasteiger partial charge >= 0.3 is 6.09 Å². The van der Waals surface area contributed by atoms with Gasteiger partial charge in [-0.25, -0.2) is 4.79 Å². The highest BCUT2D eigenvalue weighted by Crippen LogP contribution is 2.44. The van der Waals surface area contributed by atoms with Crippen LogP contribution in [0.5, 0.6) is 0 Å². The zero-order valence-corrected chi connectivity index (χ0v) is 23.2. The van der Waals surface area contributed by atoms with Crippen molar-refractivity contribution < 1.29 is 27.9 Å². The van der Waals surface area contributed by atoms with E-state index >= 15 is 0 Å². The number of carbonyl (C=O) groups excluding carboxylic acids is 2. The van der Waals surface area contributed by atoms with Crippen molar-refractivity contribution in [3.63, 3.8) is 0 Å². The Hall–Kier alpha value is -3.66. The SMILES string of the molecule is CC(C)CC[C@]1(C)C(=O)C(C2=NS(=O)(=O)c3cc(NC(=O)OC(C)(C)C)ccc3N2)=C(O)c2ccccc21. The second kappa shape index (κ2) is 9.58. The number of anilines is 2. The van der Waals surface area contributed by atoms with Gasteiger partial charge in [-0.05, 0) is 70.2 Å². The molecule has 2 aromatic rings. The largest absolute Gasteiger partial charge is 0.506 e. The van der Waals surface area contributed by atoms with E-state index in [1.165, 1.54) is 18.2 Å². The molecule has 0 bridgehead atoms. The maximum Gasteiger partial charge on any atom is 0.412 e. The standard InChI is InChI=1S/C28H33N3O6S/c1-16(2)13-14-28(6)19-10-8-7-9-18(19)23(32)22(24(28)33)25-30-20-12-11-17(15-21(20)38(35,36)31-25)29-26(34)37-27(3,4)5/h7-12,15-16,32H,13-14H2,1-6H3,(H,29,34)(H,30,31)/t28-/m0/s1. The number of hydrogen-bond acceptors (Lipinski definition) is 7. The molecule has 0 saturated heterocycles. The van der Waals surface area contributed by atoms with Crippen LogP contribution in [0.15, 0.2) is 57.3 Å². The van der Waals surface area contributed by atoms with Crippen LogP contribution < -0.4 is 10.6 Å². The number of amidine groups is 1. The molecule has 3 N–H and O–H groups in total. The third kappa shape index (κ3) is 5.18. The fourth-order valence-electron chi connectivity index (χ4n) is 4.62. The Morgan fingerprint density at radius 1 is 1.18 bits per heavy atom. The lowest BCUT2D eigenvalue weighted by atomic mass is 9.66. The summed E-state index contributed by atoms with van der Waals surface area (Å²) in [6.45, 7) is 11.1. The summed E-state index contributed by atoms with van der Waals surface area (Å²) in [7, 11) is -4.29. The number of ether oxygens (including phenoxy) is 1. The van der Waals surface area contributed by atoms with Crippen LogP contribution in [-0.4, -0.2) is 36.8 Å². The quantitative estimate of drug-likeness (QED) is 0.438. The molecule has 1 aliphatic heterocycles. The van der Waals surface area contributed by atoms with E-state index < -0.39 is 32.9 Å². The first-order valence-electron chi connectivity index (χ1n) is 12.5. The van der Waals surface area contributed by atoms with Crippen LogP contribution in [0.1, 0.15) is 65.5 Å². The molecule has 4 rings (SSSR count). The Labute approximate surface area is 223 Å². The third-order valence-electron chi connectivity index (χ3n) is 6.57. The molecular weight excluding hydrogens is 506 g/mol. The van der Waals surface area contributed by atoms with Gasteiger partial charge in [-0.2, -0.15) is 8.42 Å². The Kier molecular flexibility index (Phi) is 6.90. The van der Waals surface area contributed by atoms with Gasteiger partial charge in [0.25, 0.3) is 10.0 Å². The normalized spacial score (nSPS) is 20.3. The molecule has 202 valence electrons. The van der Waals surface area contributed by atoms with Crippen LogP contribution in [-0.2, 0) is 25.0 Å². The molecule has 1 heterocycles. The highest BCUT2D eigenvalue weighted by Gasteiger charge is 2.46. The number of carbonyl (C=O) groups is 2. The van der Waals surface area contributed by atoms with Crippen molar-refractivity contribution in [3.05, 3.63) is 59.2 Å². The average Bonchev–Trinajstić information content (AvgIpc) is 2.80. The number of aliphatic hydroxyl groups is 1. The fraction of sp³-hybridized carbons (Fsp3) is 0.393. The van der Waals surface area contributed by atoms with Crippen molar-refractivity contribution in [2.45, 2.75) is 70.3 Å². The van der Waals surface area contributed by atoms with Gasteiger partial charge in [0.1, 0.15) is 21.8 Å². The molecule has 0 saturated carbocycles. The van der Waals surface area contributed by atoms with Crippen molar-refractivity contribution in [2.75, 3.05) is 10.6 Å². The van der Waals surface area contributed by atoms with Crippen LogP contribution in [0, 0.1) is 5.92 Å². The predicted octanol–water partition coefficient (Wildman–Crippen LogP) is 5.79. The number of nitrogens with zero attached hydrogens (tertiary/aromatic N) is 1. The molecule has 0 fully saturated rings. The maximum absolute atomic E-state index is 13.9. The van der Waals surface area contributed by atoms with E-state index in [1.807, 2.05) is 19.1 Å². The van der Waals surface area contributed by atoms with Crippen LogP contribution in [0.4, 0.5) is 16.2 Å². The molecule has 1 atom stereocenters. The highest BCUT2D eigenvalue weighted by atomic mass is 32.2. The summed E-state index contributed by atoms with van der Waals surface area (Å²) in [5.41, 5.74) is -0.329. The van der Waals surface area contributed by atoms with E-state index in [2.05, 4.69) is 28.9 Å². The monoisotopic (exact) mass is 539 g/mol. The van der Waals surface area contributed by atoms with Crippen LogP contribution >= 0.6 is 0 Å². The number of nitrogens with one attached hydrogen (secondary N) is 2. The van der Waals surface area contributed by atoms with Gasteiger partial charge in [-0.3, -0.25) is 10.1 Å². The number of hydrogen-bond donors (Lipinski definition) is 3. The molecule has 0 aromatic heterocycles. The number of rotatable bonds is 5. The number of benzene rings is 2. The zero-order chi connectivity index (χ0) is 28.0. The molecular formula is C28H33N3O6S. The second-order valence-electron chi connectivity index (χ2n) is 11.2. The number of fused-ring (bicyclic) bond motifs is 2. The third-order valence-corrected chi connectivity index (χ3v) is 7.89. The van der Waals surface area contributed by atoms with Crippen molar-refractivity contribution in [1.82, 2.24) is 0 Å². The van der Waals surface area contributed by atoms with E-state index in [1.54, 1.807) is 32.9 Å². The first-order chi connectivity index (χ1) is 17.6. The van der Waals surface area contributed by atoms with E-state index in [0.29, 0.717) is 23.5 Å². The lowest BCUT2D eigenvalue weighted by molar-refractivity contribution is -0.120. The van der Waals surface area contributed by atoms with Crippen LogP contribution in [0.25, 0.3) is 5.76 Å². The van der Waals surface area contributed by atoms with Gasteiger partial charge in [0.2, 0.25) is 0 Å². The van der Waals surface area contributed by atoms with E-state index in [9.17, 15) is 23.1 Å². The highest BCUT2D eigenvalue weighted by molar-refractivity contribution is 7.90. The van der Waals surface area contributed by atoms with Crippen molar-refractivity contribution in [3.8, 4) is 0 Å². The number of amides is 1. The summed E-state index contributed by atoms with van der Waals surface area (Å²) < 4.78 is 35.6. The minimum atomic E-state index is -4.29. The van der Waals surface area contributed by atoms with Gasteiger partial charge in [0.05, 0.1) is 11.1 Å². The Bertz CT molecular complexity index is 1480. The molecule has 2 aromatic carbocycles. The smallest absolute Gasteiger partial charge is 0.412 e. The van der Waals surface area contributed by atoms with Crippen molar-refractivity contribution >= 4 is 44.9 Å². The number of sulfonamides is 1. The van der Waals surface area contributed by atoms with E-state index in [0.717, 1.165) is 6.42 Å². The summed E-state index contributed by atoms with van der Waals surface area (Å²) in [5, 5.41) is 16.6. The van der Waals surface area contributed by atoms with Gasteiger partial charge in [-0.15, -0.1) is 4.40 Å². The molecule has 0 spiro atoms. The van der Waals surface area contributed by atoms with E-state index in [-0.39, 0.29) is 33.4 Å². The first kappa shape index (κ1) is 27.4. The van der Waals surface area contributed by atoms with Gasteiger partial charge in [0, 0.05) is 11.3 Å². The number of ketones is 1. The second-order valence-corrected chi connectivity index (χ2v) is 12.8. The summed E-state index contributed by atoms with van der Waals surface area (Å²) in [4.78, 5) is 25.9. The topological polar surface area (TPSA) is 134 Å². The number of Topliss-reactive ketones (excluding diaryl/α,β-unsaturated/α-hetero) is 1. The minimum absolute atomic E-state index is 0.167. The summed E-state index contributed by atoms with van der Waals surface area (Å²) >= 11 is 0. The average molecular weight is 540 g/mol. The lowest BCUT2D eigenvalue weighted by Gasteiger charge is -2.36. The minimum Gasteiger partial charge on any atom is -0.506 e. The molecule has 1 amide bonds. The van der Waals surface area contributed by atoms with E-state index in [4.69, 9.17) is 4.74 Å². The van der Waals surface area contributed by atoms with Gasteiger partial charge < -0.3 is 15.2 Å². The van der Waals surface area contributed by atoms with Crippen molar-refractivity contribution in [1.29, 1.82) is 0 Å². The summed E-state index contributed by atoms with van der Waals surface area (Å²) in [5.74, 6) is -0.614. The maximum atomic E-state index is 13.9. The van der Waals surface area contributed by atoms with Crippen molar-refractivity contribution in [2.24, 2.45) is 10.3 Å². The summed E-state index contributed by atoms with van der Waals surface area (Å²) in [6.07, 6.45) is 0.553. The number of aliphatic hydroxyl groups excluding tert-OH is 1. The zero-order valence-electron chi connectivity index (χ0n) is 22.4. The molecule has 1 aliphatic carbocycles. The van der Waals surface area contributed by atoms with Crippen LogP contribution in [0.3, 0.4) is 0 Å². The summed E-state index contributed by atoms with van der Waals surface area (Å²) in [6, 6.07) is 11.3. The molecule has 38 heavy (non-hydrogen) atoms. The molecule has 0 unspecified atom stereocenters. The molecule has 2 aliphatic rings. The predicted molar refractivity (Wildman–Crippen MR) is 147 cm³/mol. The van der Waals surface area contributed by atoms with Crippen LogP contribution in [0.2, 0.25) is 0 Å². The fourth-order valence-corrected chi connectivity index (χ4v) is 5.77. The van der Waals surface area contributed by atoms with Gasteiger partial charge in [-0.1, -0.05) is 38.1 Å². The lowest BCUT2D eigenvalue weighted by Crippen LogP contribution is -2.42. The Morgan fingerprint density at radius 2 is 1.87 bits per heavy atom. The Balaban J connectivity index is 1.74. The molecule has 0 radical (unpaired) electrons. The first-order valence-corrected chi connectivity index (χ1v) is 13.9. The Morgan fingerprint density at radius 3 is 2.53 bits per heavy atom.